The van der Waals surface area contributed by atoms with E-state index in [1.165, 1.54) is 44.8 Å². The Kier molecular flexibility index (Phi) is 14.2. The number of ether oxygens (including phenoxy) is 1. The number of halogens is 7. The summed E-state index contributed by atoms with van der Waals surface area (Å²) in [5, 5.41) is 28.6. The van der Waals surface area contributed by atoms with Gasteiger partial charge >= 0.3 is 12.4 Å². The Morgan fingerprint density at radius 3 is 2.35 bits per heavy atom. The van der Waals surface area contributed by atoms with Gasteiger partial charge in [-0.1, -0.05) is 64.9 Å². The van der Waals surface area contributed by atoms with Crippen molar-refractivity contribution in [2.45, 2.75) is 89.3 Å². The highest BCUT2D eigenvalue weighted by atomic mass is 35.5. The van der Waals surface area contributed by atoms with E-state index in [2.05, 4.69) is 83.0 Å². The molecule has 0 radical (unpaired) electrons. The van der Waals surface area contributed by atoms with Gasteiger partial charge in [0.05, 0.1) is 30.9 Å². The first kappa shape index (κ1) is 45.8. The van der Waals surface area contributed by atoms with E-state index in [4.69, 9.17) is 41.9 Å². The highest BCUT2D eigenvalue weighted by Crippen LogP contribution is 2.46. The quantitative estimate of drug-likeness (QED) is 0.119. The van der Waals surface area contributed by atoms with Crippen molar-refractivity contribution in [2.75, 3.05) is 19.4 Å². The molecule has 0 saturated carbocycles. The maximum atomic E-state index is 10.5. The number of hydrogen-bond acceptors (Lipinski definition) is 8. The lowest BCUT2D eigenvalue weighted by Gasteiger charge is -2.34. The molecule has 4 atom stereocenters. The molecule has 0 spiro atoms. The molecule has 2 bridgehead atoms. The van der Waals surface area contributed by atoms with Crippen molar-refractivity contribution < 1.29 is 60.8 Å². The van der Waals surface area contributed by atoms with Crippen LogP contribution in [0, 0.1) is 12.8 Å². The number of carbonyl (C=O) groups is 2. The van der Waals surface area contributed by atoms with Crippen LogP contribution in [0.1, 0.15) is 83.3 Å². The molecule has 3 aromatic carbocycles. The van der Waals surface area contributed by atoms with Gasteiger partial charge in [-0.3, -0.25) is 4.68 Å². The molecule has 11 nitrogen and oxygen atoms in total. The standard InChI is InChI=1S/C40H43ClN6O.2C2HF3O2/c1-25-16-29-13-15-46(40(28-9-4-3-5-10-28)34(29)22-37(25)48-2)23-32-24-47(45-44-32)14-7-6-8-26-17-27-19-30(18-26)38-36(20-27)43-35-21-31(41)11-12-33(35)39(38)42;2*3-2(4,5)1(6)7/h3-5,9-12,16-17,21-22,24,27,30,40H,6-8,13-15,18-20,23H2,1-2H3,(H2,42,43);2*(H,6,7). The number of aryl methyl sites for hydroxylation is 2. The molecule has 5 aromatic rings. The van der Waals surface area contributed by atoms with Crippen LogP contribution in [-0.4, -0.2) is 52.9 Å². The van der Waals surface area contributed by atoms with Crippen molar-refractivity contribution in [3.8, 4) is 5.75 Å². The Labute approximate surface area is 358 Å². The number of aliphatic carboxylic acids is 2. The van der Waals surface area contributed by atoms with E-state index >= 15 is 0 Å². The number of allylic oxidation sites excluding steroid dienone is 2. The number of nitrogens with two attached hydrogens (primary N) is 1. The molecule has 0 saturated heterocycles. The molecule has 2 aromatic heterocycles. The summed E-state index contributed by atoms with van der Waals surface area (Å²) in [6.07, 6.45) is 2.06. The largest absolute Gasteiger partial charge is 0.542 e. The number of nitrogen functional groups attached to an aromatic ring is 1. The van der Waals surface area contributed by atoms with Gasteiger partial charge in [0.15, 0.2) is 5.69 Å². The third kappa shape index (κ3) is 11.0. The normalized spacial score (nSPS) is 19.1. The number of fused-ring (bicyclic) bond motifs is 6. The van der Waals surface area contributed by atoms with E-state index in [1.54, 1.807) is 12.7 Å². The Balaban J connectivity index is 0.000000397. The fourth-order valence-corrected chi connectivity index (χ4v) is 9.00. The van der Waals surface area contributed by atoms with Crippen molar-refractivity contribution >= 4 is 40.1 Å². The number of carboxylic acids is 2. The van der Waals surface area contributed by atoms with Crippen LogP contribution in [0.25, 0.3) is 10.9 Å². The molecule has 8 rings (SSSR count). The van der Waals surface area contributed by atoms with Gasteiger partial charge in [-0.05, 0) is 80.2 Å². The molecule has 4 unspecified atom stereocenters. The molecule has 0 fully saturated rings. The van der Waals surface area contributed by atoms with Crippen molar-refractivity contribution in [2.24, 2.45) is 5.92 Å². The molecule has 0 amide bonds. The Morgan fingerprint density at radius 2 is 1.69 bits per heavy atom. The minimum absolute atomic E-state index is 0.232. The van der Waals surface area contributed by atoms with Crippen LogP contribution in [0.3, 0.4) is 0 Å². The average molecular weight is 887 g/mol. The van der Waals surface area contributed by atoms with Gasteiger partial charge in [0.25, 0.3) is 0 Å². The first-order valence-corrected chi connectivity index (χ1v) is 20.3. The molecule has 2 aliphatic carbocycles. The van der Waals surface area contributed by atoms with E-state index in [1.807, 2.05) is 16.8 Å². The molecule has 4 N–H and O–H groups in total. The SMILES string of the molecule is COc1cc2c(cc1C)CC[NH+](Cc1cn(CCCCC3=CC4Cc5[nH+]c6cc(Cl)ccc6c(N)c5C(C3)C4)nn1)C2c1ccccc1.O=C([O-])C(F)(F)F.O=C([O-])C(F)(F)F. The number of carboxylic acid groups (broad SMARTS) is 2. The number of methoxy groups -OCH3 is 1. The van der Waals surface area contributed by atoms with Crippen LogP contribution >= 0.6 is 11.6 Å². The molecule has 330 valence electrons. The molecule has 18 heteroatoms. The zero-order chi connectivity index (χ0) is 44.9. The minimum atomic E-state index is -5.19. The van der Waals surface area contributed by atoms with Crippen LogP contribution < -0.4 is 30.6 Å². The van der Waals surface area contributed by atoms with Gasteiger partial charge in [-0.25, -0.2) is 4.98 Å². The monoisotopic (exact) mass is 886 g/mol. The van der Waals surface area contributed by atoms with Crippen LogP contribution in [0.4, 0.5) is 32.0 Å². The number of H-pyrrole nitrogens is 1. The number of rotatable bonds is 9. The van der Waals surface area contributed by atoms with Crippen molar-refractivity contribution in [3.63, 3.8) is 0 Å². The first-order valence-electron chi connectivity index (χ1n) is 20.0. The van der Waals surface area contributed by atoms with Crippen LogP contribution in [-0.2, 0) is 35.5 Å². The van der Waals surface area contributed by atoms with Gasteiger partial charge in [0, 0.05) is 47.2 Å². The van der Waals surface area contributed by atoms with E-state index in [9.17, 15) is 26.3 Å². The number of aromatic nitrogens is 4. The summed E-state index contributed by atoms with van der Waals surface area (Å²) in [5.41, 5.74) is 19.3. The van der Waals surface area contributed by atoms with Crippen LogP contribution in [0.15, 0.2) is 78.5 Å². The molecule has 1 aliphatic heterocycles. The third-order valence-corrected chi connectivity index (χ3v) is 11.7. The van der Waals surface area contributed by atoms with E-state index < -0.39 is 24.3 Å². The van der Waals surface area contributed by atoms with Crippen LogP contribution in [0.2, 0.25) is 5.02 Å². The number of alkyl halides is 6. The van der Waals surface area contributed by atoms with Gasteiger partial charge in [0.2, 0.25) is 5.52 Å². The van der Waals surface area contributed by atoms with Crippen molar-refractivity contribution in [1.82, 2.24) is 15.0 Å². The number of hydrogen-bond donors (Lipinski definition) is 2. The number of nitrogens with zero attached hydrogens (tertiary/aromatic N) is 3. The molecular formula is C44H45ClF6N6O5. The summed E-state index contributed by atoms with van der Waals surface area (Å²) in [6, 6.07) is 21.7. The second-order valence-corrected chi connectivity index (χ2v) is 16.2. The number of unbranched alkanes of at least 4 members (excludes halogenated alkanes) is 1. The van der Waals surface area contributed by atoms with E-state index in [0.29, 0.717) is 11.8 Å². The predicted octanol–water partition coefficient (Wildman–Crippen LogP) is 4.97. The summed E-state index contributed by atoms with van der Waals surface area (Å²) in [4.78, 5) is 22.7. The lowest BCUT2D eigenvalue weighted by atomic mass is 9.70. The number of benzene rings is 3. The lowest BCUT2D eigenvalue weighted by Crippen LogP contribution is -3.12. The summed E-state index contributed by atoms with van der Waals surface area (Å²) in [7, 11) is 1.77. The maximum absolute atomic E-state index is 10.5. The summed E-state index contributed by atoms with van der Waals surface area (Å²) in [5.74, 6) is -3.99. The Bertz CT molecular complexity index is 2420. The highest BCUT2D eigenvalue weighted by Gasteiger charge is 2.37. The van der Waals surface area contributed by atoms with Crippen LogP contribution in [0.5, 0.6) is 5.75 Å². The predicted molar refractivity (Wildman–Crippen MR) is 212 cm³/mol. The van der Waals surface area contributed by atoms with Gasteiger partial charge in [-0.2, -0.15) is 26.3 Å². The van der Waals surface area contributed by atoms with Gasteiger partial charge < -0.3 is 35.2 Å². The Morgan fingerprint density at radius 1 is 1.00 bits per heavy atom. The maximum Gasteiger partial charge on any atom is 0.430 e. The smallest absolute Gasteiger partial charge is 0.430 e. The Hall–Kier alpha value is -5.68. The van der Waals surface area contributed by atoms with Gasteiger partial charge in [-0.15, -0.1) is 5.10 Å². The molecule has 62 heavy (non-hydrogen) atoms. The number of aromatic amines is 1. The summed E-state index contributed by atoms with van der Waals surface area (Å²) >= 11 is 6.28. The topological polar surface area (TPSA) is 165 Å². The number of quaternary nitrogens is 1. The zero-order valence-electron chi connectivity index (χ0n) is 33.8. The number of nitrogens with one attached hydrogen (secondary N) is 2. The van der Waals surface area contributed by atoms with Crippen molar-refractivity contribution in [3.05, 3.63) is 123 Å². The lowest BCUT2D eigenvalue weighted by molar-refractivity contribution is -0.941. The second kappa shape index (κ2) is 19.2. The third-order valence-electron chi connectivity index (χ3n) is 11.4. The second-order valence-electron chi connectivity index (χ2n) is 15.7. The average Bonchev–Trinajstić information content (AvgIpc) is 3.66. The van der Waals surface area contributed by atoms with E-state index in [-0.39, 0.29) is 6.04 Å². The number of carbonyl (C=O) groups excluding carboxylic acids is 2. The molecular weight excluding hydrogens is 842 g/mol. The fraction of sp³-hybridized carbons (Fsp3) is 0.386. The summed E-state index contributed by atoms with van der Waals surface area (Å²) in [6.45, 7) is 4.93. The zero-order valence-corrected chi connectivity index (χ0v) is 34.6. The number of anilines is 1. The number of pyridine rings is 1. The molecule has 3 aliphatic rings. The summed E-state index contributed by atoms with van der Waals surface area (Å²) < 4.78 is 70.9. The van der Waals surface area contributed by atoms with Gasteiger partial charge in [0.1, 0.15) is 36.0 Å². The van der Waals surface area contributed by atoms with E-state index in [0.717, 1.165) is 91.2 Å². The highest BCUT2D eigenvalue weighted by molar-refractivity contribution is 6.31. The fourth-order valence-electron chi connectivity index (χ4n) is 8.83. The minimum Gasteiger partial charge on any atom is -0.542 e. The molecule has 3 heterocycles. The first-order chi connectivity index (χ1) is 29.3. The van der Waals surface area contributed by atoms with Crippen molar-refractivity contribution in [1.29, 1.82) is 0 Å².